The number of nitrogens with one attached hydrogen (secondary N) is 1. The third-order valence-corrected chi connectivity index (χ3v) is 14.3. The Hall–Kier alpha value is -1.17. The van der Waals surface area contributed by atoms with Crippen LogP contribution < -0.4 is 5.32 Å². The maximum Gasteiger partial charge on any atom is 0.249 e. The van der Waals surface area contributed by atoms with Crippen molar-refractivity contribution in [1.29, 1.82) is 0 Å². The predicted molar refractivity (Wildman–Crippen MR) is 292 cm³/mol. The molecule has 0 heterocycles. The zero-order valence-electron chi connectivity index (χ0n) is 44.9. The molecule has 0 aliphatic rings. The van der Waals surface area contributed by atoms with Gasteiger partial charge in [-0.3, -0.25) is 4.79 Å². The van der Waals surface area contributed by atoms with Crippen LogP contribution in [0.15, 0.2) is 24.3 Å². The van der Waals surface area contributed by atoms with Crippen molar-refractivity contribution in [2.45, 2.75) is 353 Å². The minimum Gasteiger partial charge on any atom is -0.394 e. The van der Waals surface area contributed by atoms with Gasteiger partial charge in [0.1, 0.15) is 6.10 Å². The van der Waals surface area contributed by atoms with Crippen LogP contribution in [-0.4, -0.2) is 46.1 Å². The van der Waals surface area contributed by atoms with Crippen molar-refractivity contribution < 1.29 is 20.1 Å². The molecular weight excluding hydrogens is 811 g/mol. The molecule has 392 valence electrons. The number of amides is 1. The van der Waals surface area contributed by atoms with Crippen LogP contribution in [0.5, 0.6) is 0 Å². The second kappa shape index (κ2) is 56.4. The van der Waals surface area contributed by atoms with Crippen molar-refractivity contribution in [2.75, 3.05) is 6.61 Å². The van der Waals surface area contributed by atoms with Gasteiger partial charge in [0.15, 0.2) is 0 Å². The minimum absolute atomic E-state index is 0.360. The van der Waals surface area contributed by atoms with Gasteiger partial charge < -0.3 is 20.6 Å². The zero-order chi connectivity index (χ0) is 47.9. The minimum atomic E-state index is -1.10. The van der Waals surface area contributed by atoms with E-state index in [1.165, 1.54) is 283 Å². The standard InChI is InChI=1S/C61H119NO4/c1-3-5-7-9-11-13-15-17-19-21-23-25-27-28-29-30-31-32-34-36-38-40-42-44-46-48-50-52-54-56-60(65)61(66)62-58(57-63)59(64)55-53-51-49-47-45-43-41-39-37-35-33-26-24-22-20-18-16-14-12-10-8-6-4-2/h28-29,53,55,58-60,63-65H,3-27,30-52,54,56-57H2,1-2H3,(H,62,66)/b29-28-,55-53+. The fourth-order valence-corrected chi connectivity index (χ4v) is 9.60. The summed E-state index contributed by atoms with van der Waals surface area (Å²) in [4.78, 5) is 12.6. The smallest absolute Gasteiger partial charge is 0.249 e. The van der Waals surface area contributed by atoms with Gasteiger partial charge in [-0.05, 0) is 44.9 Å². The highest BCUT2D eigenvalue weighted by Gasteiger charge is 2.22. The van der Waals surface area contributed by atoms with Gasteiger partial charge in [-0.15, -0.1) is 0 Å². The Morgan fingerprint density at radius 2 is 0.606 bits per heavy atom. The van der Waals surface area contributed by atoms with E-state index in [1.807, 2.05) is 6.08 Å². The number of unbranched alkanes of at least 4 members (excludes halogenated alkanes) is 46. The van der Waals surface area contributed by atoms with Gasteiger partial charge in [0.25, 0.3) is 0 Å². The Labute approximate surface area is 413 Å². The van der Waals surface area contributed by atoms with Crippen molar-refractivity contribution in [3.8, 4) is 0 Å². The first-order chi connectivity index (χ1) is 32.6. The Kier molecular flexibility index (Phi) is 55.4. The fourth-order valence-electron chi connectivity index (χ4n) is 9.60. The second-order valence-electron chi connectivity index (χ2n) is 20.9. The van der Waals surface area contributed by atoms with Gasteiger partial charge in [0, 0.05) is 0 Å². The summed E-state index contributed by atoms with van der Waals surface area (Å²) in [5.74, 6) is -0.497. The Bertz CT molecular complexity index is 982. The molecule has 0 rings (SSSR count). The summed E-state index contributed by atoms with van der Waals surface area (Å²) in [6.07, 6.45) is 72.7. The summed E-state index contributed by atoms with van der Waals surface area (Å²) in [6.45, 7) is 4.23. The number of carbonyl (C=O) groups excluding carboxylic acids is 1. The first kappa shape index (κ1) is 64.8. The number of carbonyl (C=O) groups is 1. The lowest BCUT2D eigenvalue weighted by Crippen LogP contribution is -2.48. The van der Waals surface area contributed by atoms with E-state index < -0.39 is 24.2 Å². The van der Waals surface area contributed by atoms with Crippen LogP contribution in [0, 0.1) is 0 Å². The van der Waals surface area contributed by atoms with Gasteiger partial charge in [-0.1, -0.05) is 314 Å². The van der Waals surface area contributed by atoms with E-state index in [0.717, 1.165) is 32.1 Å². The summed E-state index contributed by atoms with van der Waals surface area (Å²) >= 11 is 0. The topological polar surface area (TPSA) is 89.8 Å². The number of aliphatic hydroxyl groups is 3. The zero-order valence-corrected chi connectivity index (χ0v) is 44.9. The summed E-state index contributed by atoms with van der Waals surface area (Å²) in [5.41, 5.74) is 0. The van der Waals surface area contributed by atoms with E-state index >= 15 is 0 Å². The molecule has 3 unspecified atom stereocenters. The highest BCUT2D eigenvalue weighted by Crippen LogP contribution is 2.18. The van der Waals surface area contributed by atoms with Crippen LogP contribution in [0.3, 0.4) is 0 Å². The van der Waals surface area contributed by atoms with E-state index in [-0.39, 0.29) is 6.61 Å². The van der Waals surface area contributed by atoms with E-state index in [1.54, 1.807) is 6.08 Å². The molecule has 0 fully saturated rings. The molecule has 3 atom stereocenters. The molecule has 4 N–H and O–H groups in total. The van der Waals surface area contributed by atoms with Crippen LogP contribution in [0.4, 0.5) is 0 Å². The van der Waals surface area contributed by atoms with Gasteiger partial charge in [-0.25, -0.2) is 0 Å². The number of allylic oxidation sites excluding steroid dienone is 3. The molecule has 66 heavy (non-hydrogen) atoms. The molecule has 0 aliphatic heterocycles. The fraction of sp³-hybridized carbons (Fsp3) is 0.918. The van der Waals surface area contributed by atoms with Crippen LogP contribution in [0.25, 0.3) is 0 Å². The van der Waals surface area contributed by atoms with Crippen molar-refractivity contribution in [1.82, 2.24) is 5.32 Å². The van der Waals surface area contributed by atoms with Gasteiger partial charge in [0.05, 0.1) is 18.8 Å². The van der Waals surface area contributed by atoms with Crippen molar-refractivity contribution >= 4 is 5.91 Å². The van der Waals surface area contributed by atoms with E-state index in [2.05, 4.69) is 31.3 Å². The molecule has 0 saturated heterocycles. The second-order valence-corrected chi connectivity index (χ2v) is 20.9. The van der Waals surface area contributed by atoms with Crippen LogP contribution in [0.1, 0.15) is 335 Å². The quantitative estimate of drug-likeness (QED) is 0.0361. The van der Waals surface area contributed by atoms with Gasteiger partial charge >= 0.3 is 0 Å². The summed E-state index contributed by atoms with van der Waals surface area (Å²) in [7, 11) is 0. The van der Waals surface area contributed by atoms with E-state index in [4.69, 9.17) is 0 Å². The summed E-state index contributed by atoms with van der Waals surface area (Å²) in [5, 5.41) is 33.4. The molecular formula is C61H119NO4. The van der Waals surface area contributed by atoms with Crippen LogP contribution in [0.2, 0.25) is 0 Å². The summed E-state index contributed by atoms with van der Waals surface area (Å²) in [6, 6.07) is -0.797. The Morgan fingerprint density at radius 3 is 0.879 bits per heavy atom. The van der Waals surface area contributed by atoms with Crippen molar-refractivity contribution in [2.24, 2.45) is 0 Å². The molecule has 0 spiro atoms. The monoisotopic (exact) mass is 930 g/mol. The maximum atomic E-state index is 12.6. The van der Waals surface area contributed by atoms with E-state index in [9.17, 15) is 20.1 Å². The van der Waals surface area contributed by atoms with Crippen molar-refractivity contribution in [3.63, 3.8) is 0 Å². The van der Waals surface area contributed by atoms with Crippen LogP contribution in [-0.2, 0) is 4.79 Å². The number of aliphatic hydroxyl groups excluding tert-OH is 3. The van der Waals surface area contributed by atoms with Crippen molar-refractivity contribution in [3.05, 3.63) is 24.3 Å². The Morgan fingerprint density at radius 1 is 0.364 bits per heavy atom. The molecule has 0 aromatic heterocycles. The molecule has 1 amide bonds. The molecule has 0 aromatic carbocycles. The SMILES string of the molecule is CCCCCCCCCCCCCC/C=C\CCCCCCCCCCCCCCCC(O)C(=O)NC(CO)C(O)/C=C/CCCCCCCCCCCCCCCCCCCCCCC. The van der Waals surface area contributed by atoms with E-state index in [0.29, 0.717) is 6.42 Å². The summed E-state index contributed by atoms with van der Waals surface area (Å²) < 4.78 is 0. The molecule has 0 aromatic rings. The molecule has 5 heteroatoms. The average molecular weight is 931 g/mol. The first-order valence-corrected chi connectivity index (χ1v) is 30.2. The lowest BCUT2D eigenvalue weighted by atomic mass is 10.0. The molecule has 0 radical (unpaired) electrons. The van der Waals surface area contributed by atoms with Crippen LogP contribution >= 0.6 is 0 Å². The largest absolute Gasteiger partial charge is 0.394 e. The first-order valence-electron chi connectivity index (χ1n) is 30.2. The highest BCUT2D eigenvalue weighted by molar-refractivity contribution is 5.80. The third kappa shape index (κ3) is 50.7. The predicted octanol–water partition coefficient (Wildman–Crippen LogP) is 18.8. The number of hydrogen-bond acceptors (Lipinski definition) is 4. The molecule has 0 bridgehead atoms. The van der Waals surface area contributed by atoms with Gasteiger partial charge in [0.2, 0.25) is 5.91 Å². The normalized spacial score (nSPS) is 13.3. The number of rotatable bonds is 56. The van der Waals surface area contributed by atoms with Gasteiger partial charge in [-0.2, -0.15) is 0 Å². The lowest BCUT2D eigenvalue weighted by Gasteiger charge is -2.21. The third-order valence-electron chi connectivity index (χ3n) is 14.3. The maximum absolute atomic E-state index is 12.6. The Balaban J connectivity index is 3.53. The number of hydrogen-bond donors (Lipinski definition) is 4. The highest BCUT2D eigenvalue weighted by atomic mass is 16.3. The molecule has 0 saturated carbocycles. The molecule has 5 nitrogen and oxygen atoms in total. The lowest BCUT2D eigenvalue weighted by molar-refractivity contribution is -0.131. The average Bonchev–Trinajstić information content (AvgIpc) is 3.32. The molecule has 0 aliphatic carbocycles.